The van der Waals surface area contributed by atoms with Crippen molar-refractivity contribution in [3.63, 3.8) is 0 Å². The van der Waals surface area contributed by atoms with E-state index in [1.807, 2.05) is 43.7 Å². The van der Waals surface area contributed by atoms with Gasteiger partial charge in [0.2, 0.25) is 0 Å². The number of halogens is 1. The van der Waals surface area contributed by atoms with Gasteiger partial charge in [-0.3, -0.25) is 0 Å². The van der Waals surface area contributed by atoms with E-state index < -0.39 is 5.60 Å². The van der Waals surface area contributed by atoms with Crippen molar-refractivity contribution in [3.05, 3.63) is 22.7 Å². The van der Waals surface area contributed by atoms with Gasteiger partial charge >= 0.3 is 6.09 Å². The van der Waals surface area contributed by atoms with Crippen molar-refractivity contribution in [1.82, 2.24) is 19.9 Å². The largest absolute Gasteiger partial charge is 0.444 e. The van der Waals surface area contributed by atoms with Crippen LogP contribution in [-0.2, 0) is 4.74 Å². The third-order valence-electron chi connectivity index (χ3n) is 3.29. The fraction of sp³-hybridized carbons (Fsp3) is 0.500. The Hall–Kier alpha value is -1.63. The Morgan fingerprint density at radius 2 is 2.10 bits per heavy atom. The summed E-state index contributed by atoms with van der Waals surface area (Å²) in [6.07, 6.45) is -0.272. The predicted molar refractivity (Wildman–Crippen MR) is 82.1 cm³/mol. The first-order valence-corrected chi connectivity index (χ1v) is 7.61. The molecule has 1 fully saturated rings. The molecule has 0 aliphatic carbocycles. The van der Waals surface area contributed by atoms with Gasteiger partial charge < -0.3 is 9.64 Å². The van der Waals surface area contributed by atoms with Crippen LogP contribution < -0.4 is 0 Å². The van der Waals surface area contributed by atoms with Crippen molar-refractivity contribution >= 4 is 33.1 Å². The Morgan fingerprint density at radius 3 is 2.76 bits per heavy atom. The minimum atomic E-state index is -0.464. The van der Waals surface area contributed by atoms with Crippen molar-refractivity contribution in [3.8, 4) is 0 Å². The highest BCUT2D eigenvalue weighted by atomic mass is 79.9. The number of hydrogen-bond acceptors (Lipinski definition) is 4. The summed E-state index contributed by atoms with van der Waals surface area (Å²) < 4.78 is 8.20. The van der Waals surface area contributed by atoms with Crippen LogP contribution in [0.2, 0.25) is 0 Å². The summed E-state index contributed by atoms with van der Waals surface area (Å²) in [5, 5.41) is 8.35. The number of likely N-dealkylation sites (tertiary alicyclic amines) is 1. The third kappa shape index (κ3) is 2.88. The van der Waals surface area contributed by atoms with Gasteiger partial charge in [-0.25, -0.2) is 9.48 Å². The standard InChI is InChI=1S/C14H17BrN4O2/c1-14(2,3)21-13(20)18-7-10(8-18)19-12-5-4-9(15)6-11(12)16-17-19/h4-6,10H,7-8H2,1-3H3. The molecule has 1 aromatic carbocycles. The van der Waals surface area contributed by atoms with Crippen LogP contribution >= 0.6 is 15.9 Å². The number of ether oxygens (including phenoxy) is 1. The molecule has 7 heteroatoms. The Kier molecular flexibility index (Phi) is 3.39. The van der Waals surface area contributed by atoms with Gasteiger partial charge in [0.15, 0.2) is 0 Å². The average Bonchev–Trinajstić information content (AvgIpc) is 2.67. The molecule has 3 rings (SSSR count). The number of amides is 1. The smallest absolute Gasteiger partial charge is 0.410 e. The van der Waals surface area contributed by atoms with Crippen molar-refractivity contribution in [1.29, 1.82) is 0 Å². The topological polar surface area (TPSA) is 60.2 Å². The highest BCUT2D eigenvalue weighted by Gasteiger charge is 2.36. The first kappa shape index (κ1) is 14.3. The number of fused-ring (bicyclic) bond motifs is 1. The summed E-state index contributed by atoms with van der Waals surface area (Å²) in [5.41, 5.74) is 1.36. The van der Waals surface area contributed by atoms with Crippen LogP contribution in [0.5, 0.6) is 0 Å². The number of hydrogen-bond donors (Lipinski definition) is 0. The zero-order valence-electron chi connectivity index (χ0n) is 12.2. The van der Waals surface area contributed by atoms with Crippen molar-refractivity contribution in [2.75, 3.05) is 13.1 Å². The van der Waals surface area contributed by atoms with Crippen molar-refractivity contribution < 1.29 is 9.53 Å². The first-order valence-electron chi connectivity index (χ1n) is 6.82. The summed E-state index contributed by atoms with van der Waals surface area (Å²) >= 11 is 3.42. The van der Waals surface area contributed by atoms with Gasteiger partial charge in [-0.15, -0.1) is 5.10 Å². The number of benzene rings is 1. The van der Waals surface area contributed by atoms with Crippen molar-refractivity contribution in [2.45, 2.75) is 32.4 Å². The van der Waals surface area contributed by atoms with Crippen LogP contribution in [0, 0.1) is 0 Å². The van der Waals surface area contributed by atoms with E-state index in [0.717, 1.165) is 15.5 Å². The van der Waals surface area contributed by atoms with Gasteiger partial charge in [0.25, 0.3) is 0 Å². The monoisotopic (exact) mass is 352 g/mol. The lowest BCUT2D eigenvalue weighted by atomic mass is 10.1. The molecule has 2 aromatic rings. The number of aromatic nitrogens is 3. The summed E-state index contributed by atoms with van der Waals surface area (Å²) in [5.74, 6) is 0. The minimum Gasteiger partial charge on any atom is -0.444 e. The molecule has 0 radical (unpaired) electrons. The summed E-state index contributed by atoms with van der Waals surface area (Å²) in [6, 6.07) is 6.04. The maximum Gasteiger partial charge on any atom is 0.410 e. The molecule has 0 bridgehead atoms. The zero-order chi connectivity index (χ0) is 15.2. The summed E-state index contributed by atoms with van der Waals surface area (Å²) in [7, 11) is 0. The number of carbonyl (C=O) groups excluding carboxylic acids is 1. The highest BCUT2D eigenvalue weighted by Crippen LogP contribution is 2.27. The Balaban J connectivity index is 1.69. The Labute approximate surface area is 131 Å². The average molecular weight is 353 g/mol. The number of carbonyl (C=O) groups is 1. The molecule has 0 saturated carbocycles. The minimum absolute atomic E-state index is 0.156. The van der Waals surface area contributed by atoms with Crippen molar-refractivity contribution in [2.24, 2.45) is 0 Å². The molecule has 0 atom stereocenters. The molecular weight excluding hydrogens is 336 g/mol. The lowest BCUT2D eigenvalue weighted by Crippen LogP contribution is -2.52. The molecule has 112 valence electrons. The molecule has 0 unspecified atom stereocenters. The molecule has 1 amide bonds. The molecule has 1 aliphatic rings. The van der Waals surface area contributed by atoms with E-state index in [4.69, 9.17) is 4.74 Å². The highest BCUT2D eigenvalue weighted by molar-refractivity contribution is 9.10. The van der Waals surface area contributed by atoms with Gasteiger partial charge in [0, 0.05) is 17.6 Å². The Morgan fingerprint density at radius 1 is 1.38 bits per heavy atom. The SMILES string of the molecule is CC(C)(C)OC(=O)N1CC(n2nnc3cc(Br)ccc32)C1. The van der Waals surface area contributed by atoms with Gasteiger partial charge in [0.05, 0.1) is 11.6 Å². The second-order valence-corrected chi connectivity index (χ2v) is 7.12. The van der Waals surface area contributed by atoms with E-state index in [0.29, 0.717) is 13.1 Å². The number of rotatable bonds is 1. The lowest BCUT2D eigenvalue weighted by molar-refractivity contribution is -0.0000715. The molecule has 2 heterocycles. The van der Waals surface area contributed by atoms with Gasteiger partial charge in [0.1, 0.15) is 11.1 Å². The molecule has 1 aromatic heterocycles. The van der Waals surface area contributed by atoms with Crippen LogP contribution in [0.3, 0.4) is 0 Å². The second kappa shape index (κ2) is 4.98. The van der Waals surface area contributed by atoms with E-state index >= 15 is 0 Å². The van der Waals surface area contributed by atoms with E-state index in [2.05, 4.69) is 26.2 Å². The van der Waals surface area contributed by atoms with E-state index in [1.54, 1.807) is 4.90 Å². The van der Waals surface area contributed by atoms with Crippen LogP contribution in [0.25, 0.3) is 11.0 Å². The molecule has 21 heavy (non-hydrogen) atoms. The fourth-order valence-electron chi connectivity index (χ4n) is 2.27. The lowest BCUT2D eigenvalue weighted by Gasteiger charge is -2.39. The molecule has 1 saturated heterocycles. The Bertz CT molecular complexity index is 686. The van der Waals surface area contributed by atoms with Crippen LogP contribution in [0.4, 0.5) is 4.79 Å². The molecule has 0 spiro atoms. The quantitative estimate of drug-likeness (QED) is 0.791. The molecule has 0 N–H and O–H groups in total. The van der Waals surface area contributed by atoms with Crippen LogP contribution in [-0.4, -0.2) is 44.7 Å². The normalized spacial score (nSPS) is 16.1. The maximum atomic E-state index is 11.9. The molecule has 1 aliphatic heterocycles. The molecular formula is C14H17BrN4O2. The first-order chi connectivity index (χ1) is 9.83. The fourth-order valence-corrected chi connectivity index (χ4v) is 2.62. The molecule has 6 nitrogen and oxygen atoms in total. The summed E-state index contributed by atoms with van der Waals surface area (Å²) in [4.78, 5) is 13.6. The maximum absolute atomic E-state index is 11.9. The van der Waals surface area contributed by atoms with E-state index in [-0.39, 0.29) is 12.1 Å². The zero-order valence-corrected chi connectivity index (χ0v) is 13.8. The third-order valence-corrected chi connectivity index (χ3v) is 3.79. The second-order valence-electron chi connectivity index (χ2n) is 6.21. The van der Waals surface area contributed by atoms with Gasteiger partial charge in [-0.05, 0) is 39.0 Å². The predicted octanol–water partition coefficient (Wildman–Crippen LogP) is 2.99. The number of nitrogens with zero attached hydrogens (tertiary/aromatic N) is 4. The van der Waals surface area contributed by atoms with Crippen LogP contribution in [0.1, 0.15) is 26.8 Å². The van der Waals surface area contributed by atoms with Crippen LogP contribution in [0.15, 0.2) is 22.7 Å². The summed E-state index contributed by atoms with van der Waals surface area (Å²) in [6.45, 7) is 6.80. The van der Waals surface area contributed by atoms with E-state index in [9.17, 15) is 4.79 Å². The van der Waals surface area contributed by atoms with E-state index in [1.165, 1.54) is 0 Å². The van der Waals surface area contributed by atoms with Gasteiger partial charge in [-0.1, -0.05) is 21.1 Å². The van der Waals surface area contributed by atoms with Gasteiger partial charge in [-0.2, -0.15) is 0 Å².